The first kappa shape index (κ1) is 18.8. The molecule has 2 aliphatic rings. The Labute approximate surface area is 169 Å². The van der Waals surface area contributed by atoms with Gasteiger partial charge < -0.3 is 15.6 Å². The summed E-state index contributed by atoms with van der Waals surface area (Å²) in [5.41, 5.74) is 7.12. The number of carbonyl (C=O) groups excluding carboxylic acids is 2. The first-order chi connectivity index (χ1) is 13.5. The Kier molecular flexibility index (Phi) is 5.00. The number of hydrogen-bond acceptors (Lipinski definition) is 7. The van der Waals surface area contributed by atoms with Gasteiger partial charge in [0.25, 0.3) is 0 Å². The number of carboxylic acid groups (broad SMARTS) is 1. The molecule has 2 aliphatic heterocycles. The van der Waals surface area contributed by atoms with Crippen LogP contribution in [-0.4, -0.2) is 43.6 Å². The fourth-order valence-electron chi connectivity index (χ4n) is 3.17. The largest absolute Gasteiger partial charge is 0.543 e. The zero-order valence-electron chi connectivity index (χ0n) is 14.7. The van der Waals surface area contributed by atoms with Crippen molar-refractivity contribution in [2.75, 3.05) is 5.75 Å². The fourth-order valence-corrected chi connectivity index (χ4v) is 5.09. The minimum Gasteiger partial charge on any atom is -0.543 e. The van der Waals surface area contributed by atoms with Crippen LogP contribution in [0.25, 0.3) is 5.65 Å². The molecular weight excluding hydrogens is 398 g/mol. The number of allylic oxidation sites excluding steroid dienone is 2. The van der Waals surface area contributed by atoms with Crippen molar-refractivity contribution in [3.8, 4) is 0 Å². The van der Waals surface area contributed by atoms with E-state index in [1.165, 1.54) is 28.4 Å². The maximum atomic E-state index is 11.9. The van der Waals surface area contributed by atoms with Crippen LogP contribution < -0.4 is 15.4 Å². The highest BCUT2D eigenvalue weighted by Crippen LogP contribution is 2.39. The maximum absolute atomic E-state index is 11.9. The molecule has 1 fully saturated rings. The highest BCUT2D eigenvalue weighted by Gasteiger charge is 2.49. The Morgan fingerprint density at radius 2 is 2.36 bits per heavy atom. The van der Waals surface area contributed by atoms with Crippen molar-refractivity contribution in [3.63, 3.8) is 0 Å². The lowest BCUT2D eigenvalue weighted by Crippen LogP contribution is -2.69. The number of thioether (sulfide) groups is 2. The summed E-state index contributed by atoms with van der Waals surface area (Å²) in [6, 6.07) is 3.20. The van der Waals surface area contributed by atoms with Gasteiger partial charge in [0.2, 0.25) is 5.91 Å². The zero-order chi connectivity index (χ0) is 19.8. The van der Waals surface area contributed by atoms with E-state index in [9.17, 15) is 14.7 Å². The van der Waals surface area contributed by atoms with Gasteiger partial charge in [0.1, 0.15) is 29.2 Å². The van der Waals surface area contributed by atoms with Gasteiger partial charge in [-0.2, -0.15) is 0 Å². The van der Waals surface area contributed by atoms with E-state index in [0.717, 1.165) is 10.7 Å². The Bertz CT molecular complexity index is 1050. The minimum atomic E-state index is -1.37. The number of aliphatic carboxylic acids is 1. The molecule has 0 aliphatic carbocycles. The lowest BCUT2D eigenvalue weighted by atomic mass is 10.0. The molecule has 1 saturated heterocycles. The van der Waals surface area contributed by atoms with E-state index < -0.39 is 12.0 Å². The molecule has 28 heavy (non-hydrogen) atoms. The predicted octanol–water partition coefficient (Wildman–Crippen LogP) is -0.340. The number of amides is 1. The Morgan fingerprint density at radius 1 is 1.54 bits per heavy atom. The molecule has 8 nitrogen and oxygen atoms in total. The van der Waals surface area contributed by atoms with Crippen LogP contribution in [0.5, 0.6) is 0 Å². The summed E-state index contributed by atoms with van der Waals surface area (Å²) in [4.78, 5) is 24.7. The van der Waals surface area contributed by atoms with Crippen molar-refractivity contribution in [1.29, 1.82) is 0 Å². The number of aromatic nitrogens is 3. The third-order valence-corrected chi connectivity index (χ3v) is 6.57. The van der Waals surface area contributed by atoms with Crippen molar-refractivity contribution >= 4 is 41.0 Å². The van der Waals surface area contributed by atoms with Crippen LogP contribution in [0.1, 0.15) is 0 Å². The molecular formula is C18H17N5O3S2. The van der Waals surface area contributed by atoms with Gasteiger partial charge in [0.15, 0.2) is 6.20 Å². The van der Waals surface area contributed by atoms with E-state index in [-0.39, 0.29) is 17.0 Å². The lowest BCUT2D eigenvalue weighted by Gasteiger charge is -2.49. The fraction of sp³-hybridized carbons (Fsp3) is 0.222. The number of nitrogens with two attached hydrogens (primary N) is 1. The Hall–Kier alpha value is -2.56. The molecule has 2 aromatic rings. The van der Waals surface area contributed by atoms with E-state index in [0.29, 0.717) is 17.9 Å². The van der Waals surface area contributed by atoms with Gasteiger partial charge in [-0.15, -0.1) is 16.3 Å². The molecule has 0 saturated carbocycles. The molecule has 0 bridgehead atoms. The van der Waals surface area contributed by atoms with Crippen molar-refractivity contribution in [2.45, 2.75) is 23.0 Å². The van der Waals surface area contributed by atoms with Crippen molar-refractivity contribution in [1.82, 2.24) is 14.5 Å². The Morgan fingerprint density at radius 3 is 3.11 bits per heavy atom. The monoisotopic (exact) mass is 415 g/mol. The number of imidazole rings is 1. The predicted molar refractivity (Wildman–Crippen MR) is 104 cm³/mol. The van der Waals surface area contributed by atoms with Crippen LogP contribution in [0.15, 0.2) is 65.0 Å². The van der Waals surface area contributed by atoms with Gasteiger partial charge in [0, 0.05) is 11.8 Å². The van der Waals surface area contributed by atoms with Crippen LogP contribution in [0.4, 0.5) is 0 Å². The van der Waals surface area contributed by atoms with Gasteiger partial charge in [-0.25, -0.2) is 4.57 Å². The van der Waals surface area contributed by atoms with E-state index in [4.69, 9.17) is 5.73 Å². The highest BCUT2D eigenvalue weighted by atomic mass is 32.2. The average Bonchev–Trinajstić information content (AvgIpc) is 3.09. The van der Waals surface area contributed by atoms with Gasteiger partial charge in [0.05, 0.1) is 11.7 Å². The van der Waals surface area contributed by atoms with Crippen LogP contribution in [0.2, 0.25) is 0 Å². The summed E-state index contributed by atoms with van der Waals surface area (Å²) in [7, 11) is 0. The average molecular weight is 416 g/mol. The molecule has 4 heterocycles. The summed E-state index contributed by atoms with van der Waals surface area (Å²) >= 11 is 2.81. The number of carbonyl (C=O) groups is 2. The van der Waals surface area contributed by atoms with E-state index >= 15 is 0 Å². The molecule has 0 spiro atoms. The molecule has 2 aromatic heterocycles. The van der Waals surface area contributed by atoms with Crippen LogP contribution in [-0.2, 0) is 16.1 Å². The van der Waals surface area contributed by atoms with Gasteiger partial charge in [-0.1, -0.05) is 29.5 Å². The van der Waals surface area contributed by atoms with Gasteiger partial charge in [-0.3, -0.25) is 9.69 Å². The quantitative estimate of drug-likeness (QED) is 0.298. The number of carboxylic acids is 1. The first-order valence-corrected chi connectivity index (χ1v) is 10.4. The van der Waals surface area contributed by atoms with Crippen molar-refractivity contribution < 1.29 is 19.3 Å². The van der Waals surface area contributed by atoms with Gasteiger partial charge in [-0.05, 0) is 23.1 Å². The van der Waals surface area contributed by atoms with E-state index in [1.807, 2.05) is 35.2 Å². The number of hydrogen-bond donors (Lipinski definition) is 1. The van der Waals surface area contributed by atoms with Gasteiger partial charge >= 0.3 is 5.65 Å². The Balaban J connectivity index is 1.54. The molecule has 4 rings (SSSR count). The standard InChI is InChI=1S/C18H17N5O3S2/c1-2-6-21-7-8-22-13(21)4-3-12(20-22)27-9-5-11-10-28-17-14(19)16(24)23(17)15(11)18(25)26/h2-5,7-9,14,17H,1,6,10,19H2/b9-5+/t14-,17-/m1/s1. The summed E-state index contributed by atoms with van der Waals surface area (Å²) in [6.07, 6.45) is 7.29. The van der Waals surface area contributed by atoms with E-state index in [1.54, 1.807) is 16.0 Å². The van der Waals surface area contributed by atoms with Crippen molar-refractivity contribution in [2.24, 2.45) is 5.73 Å². The first-order valence-electron chi connectivity index (χ1n) is 8.48. The number of fused-ring (bicyclic) bond motifs is 2. The zero-order valence-corrected chi connectivity index (χ0v) is 16.4. The summed E-state index contributed by atoms with van der Waals surface area (Å²) < 4.78 is 3.79. The topological polar surface area (TPSA) is 108 Å². The van der Waals surface area contributed by atoms with Crippen LogP contribution >= 0.6 is 23.5 Å². The third kappa shape index (κ3) is 3.13. The van der Waals surface area contributed by atoms with E-state index in [2.05, 4.69) is 11.7 Å². The normalized spacial score (nSPS) is 21.9. The number of nitrogens with zero attached hydrogens (tertiary/aromatic N) is 4. The lowest BCUT2D eigenvalue weighted by molar-refractivity contribution is -0.660. The minimum absolute atomic E-state index is 0.0911. The maximum Gasteiger partial charge on any atom is 0.307 e. The third-order valence-electron chi connectivity index (χ3n) is 4.51. The molecule has 144 valence electrons. The molecule has 0 unspecified atom stereocenters. The summed E-state index contributed by atoms with van der Waals surface area (Å²) in [5, 5.41) is 18.3. The second kappa shape index (κ2) is 7.46. The number of rotatable bonds is 6. The molecule has 10 heteroatoms. The SMILES string of the molecule is C=CC[n+]1ccn2nc(S/C=C/C3=C(C(=O)[O-])N4C(=O)[C@@H](N)[C@H]4SC3)ccc21. The highest BCUT2D eigenvalue weighted by molar-refractivity contribution is 8.02. The van der Waals surface area contributed by atoms with Crippen LogP contribution in [0, 0.1) is 0 Å². The molecule has 0 aromatic carbocycles. The smallest absolute Gasteiger partial charge is 0.307 e. The van der Waals surface area contributed by atoms with Crippen molar-refractivity contribution in [3.05, 3.63) is 59.9 Å². The summed E-state index contributed by atoms with van der Waals surface area (Å²) in [6.45, 7) is 4.44. The number of β-lactam (4-membered cyclic amide) rings is 1. The second-order valence-electron chi connectivity index (χ2n) is 6.23. The molecule has 1 amide bonds. The second-order valence-corrected chi connectivity index (χ2v) is 8.26. The molecule has 0 radical (unpaired) electrons. The summed E-state index contributed by atoms with van der Waals surface area (Å²) in [5.74, 6) is -1.30. The molecule has 2 atom stereocenters. The molecule has 2 N–H and O–H groups in total. The van der Waals surface area contributed by atoms with Crippen LogP contribution in [0.3, 0.4) is 0 Å².